The highest BCUT2D eigenvalue weighted by atomic mass is 16.7. The molecule has 1 N–H and O–H groups in total. The number of H-pyrrole nitrogens is 1. The average molecular weight is 236 g/mol. The van der Waals surface area contributed by atoms with Crippen molar-refractivity contribution in [3.05, 3.63) is 28.7 Å². The summed E-state index contributed by atoms with van der Waals surface area (Å²) in [5.41, 5.74) is 0.915. The fourth-order valence-corrected chi connectivity index (χ4v) is 2.52. The molecule has 5 heteroatoms. The van der Waals surface area contributed by atoms with Gasteiger partial charge in [0.25, 0.3) is 0 Å². The van der Waals surface area contributed by atoms with Crippen molar-refractivity contribution in [3.8, 4) is 0 Å². The van der Waals surface area contributed by atoms with Crippen LogP contribution in [0.4, 0.5) is 5.69 Å². The highest BCUT2D eigenvalue weighted by Gasteiger charge is 2.39. The summed E-state index contributed by atoms with van der Waals surface area (Å²) in [4.78, 5) is 16.1. The minimum absolute atomic E-state index is 0.0591. The van der Waals surface area contributed by atoms with E-state index in [2.05, 4.69) is 9.88 Å². The maximum atomic E-state index is 11.3. The van der Waals surface area contributed by atoms with Crippen molar-refractivity contribution < 1.29 is 9.47 Å². The first kappa shape index (κ1) is 10.8. The van der Waals surface area contributed by atoms with E-state index < -0.39 is 0 Å². The third-order valence-corrected chi connectivity index (χ3v) is 3.46. The molecule has 0 aromatic carbocycles. The summed E-state index contributed by atoms with van der Waals surface area (Å²) in [6.07, 6.45) is 3.41. The Labute approximate surface area is 99.3 Å². The molecule has 1 aromatic heterocycles. The van der Waals surface area contributed by atoms with Crippen LogP contribution in [0.3, 0.4) is 0 Å². The predicted octanol–water partition coefficient (Wildman–Crippen LogP) is 0.718. The molecule has 3 heterocycles. The first-order valence-electron chi connectivity index (χ1n) is 5.99. The number of hydrogen-bond acceptors (Lipinski definition) is 4. The molecule has 2 aliphatic rings. The summed E-state index contributed by atoms with van der Waals surface area (Å²) < 4.78 is 11.3. The molecule has 0 amide bonds. The van der Waals surface area contributed by atoms with E-state index in [1.807, 2.05) is 6.07 Å². The lowest BCUT2D eigenvalue weighted by atomic mass is 10.0. The number of ether oxygens (including phenoxy) is 2. The Bertz CT molecular complexity index is 441. The molecule has 92 valence electrons. The van der Waals surface area contributed by atoms with Crippen LogP contribution in [-0.2, 0) is 9.47 Å². The van der Waals surface area contributed by atoms with Gasteiger partial charge in [0.05, 0.1) is 13.2 Å². The largest absolute Gasteiger partial charge is 0.371 e. The van der Waals surface area contributed by atoms with Gasteiger partial charge in [-0.2, -0.15) is 0 Å². The van der Waals surface area contributed by atoms with Crippen LogP contribution in [-0.4, -0.2) is 37.1 Å². The SMILES string of the molecule is O=c1cc(N2CCC3(CC2)OCCO3)cc[nH]1. The van der Waals surface area contributed by atoms with Crippen molar-refractivity contribution in [2.24, 2.45) is 0 Å². The summed E-state index contributed by atoms with van der Waals surface area (Å²) >= 11 is 0. The van der Waals surface area contributed by atoms with Gasteiger partial charge in [-0.15, -0.1) is 0 Å². The van der Waals surface area contributed by atoms with Crippen LogP contribution in [0.15, 0.2) is 23.1 Å². The molecular formula is C12H16N2O3. The van der Waals surface area contributed by atoms with Gasteiger partial charge in [0.1, 0.15) is 0 Å². The van der Waals surface area contributed by atoms with E-state index in [-0.39, 0.29) is 11.3 Å². The number of hydrogen-bond donors (Lipinski definition) is 1. The molecule has 0 bridgehead atoms. The fraction of sp³-hybridized carbons (Fsp3) is 0.583. The minimum atomic E-state index is -0.350. The third-order valence-electron chi connectivity index (χ3n) is 3.46. The first-order chi connectivity index (χ1) is 8.27. The number of rotatable bonds is 1. The number of anilines is 1. The molecule has 0 aliphatic carbocycles. The van der Waals surface area contributed by atoms with Gasteiger partial charge < -0.3 is 19.4 Å². The van der Waals surface area contributed by atoms with Gasteiger partial charge in [-0.25, -0.2) is 0 Å². The van der Waals surface area contributed by atoms with Crippen LogP contribution in [0.2, 0.25) is 0 Å². The Hall–Kier alpha value is -1.33. The Morgan fingerprint density at radius 3 is 2.59 bits per heavy atom. The zero-order valence-electron chi connectivity index (χ0n) is 9.65. The summed E-state index contributed by atoms with van der Waals surface area (Å²) in [7, 11) is 0. The van der Waals surface area contributed by atoms with Gasteiger partial charge in [0, 0.05) is 43.9 Å². The molecule has 2 saturated heterocycles. The van der Waals surface area contributed by atoms with Gasteiger partial charge in [-0.05, 0) is 6.07 Å². The quantitative estimate of drug-likeness (QED) is 0.780. The monoisotopic (exact) mass is 236 g/mol. The molecule has 3 rings (SSSR count). The van der Waals surface area contributed by atoms with E-state index in [0.29, 0.717) is 13.2 Å². The number of nitrogens with zero attached hydrogens (tertiary/aromatic N) is 1. The summed E-state index contributed by atoms with van der Waals surface area (Å²) in [5.74, 6) is -0.350. The number of aromatic nitrogens is 1. The lowest BCUT2D eigenvalue weighted by molar-refractivity contribution is -0.169. The van der Waals surface area contributed by atoms with Crippen molar-refractivity contribution >= 4 is 5.69 Å². The van der Waals surface area contributed by atoms with Gasteiger partial charge in [0.15, 0.2) is 5.79 Å². The second-order valence-electron chi connectivity index (χ2n) is 4.51. The van der Waals surface area contributed by atoms with Crippen molar-refractivity contribution in [2.75, 3.05) is 31.2 Å². The van der Waals surface area contributed by atoms with Gasteiger partial charge in [-0.3, -0.25) is 4.79 Å². The fourth-order valence-electron chi connectivity index (χ4n) is 2.52. The van der Waals surface area contributed by atoms with Crippen LogP contribution >= 0.6 is 0 Å². The average Bonchev–Trinajstić information content (AvgIpc) is 2.79. The Balaban J connectivity index is 1.70. The molecule has 1 aromatic rings. The maximum Gasteiger partial charge on any atom is 0.249 e. The van der Waals surface area contributed by atoms with E-state index in [1.165, 1.54) is 0 Å². The highest BCUT2D eigenvalue weighted by molar-refractivity contribution is 5.45. The molecule has 0 saturated carbocycles. The molecule has 0 unspecified atom stereocenters. The molecular weight excluding hydrogens is 220 g/mol. The van der Waals surface area contributed by atoms with E-state index in [4.69, 9.17) is 9.47 Å². The van der Waals surface area contributed by atoms with Crippen molar-refractivity contribution in [1.29, 1.82) is 0 Å². The zero-order valence-corrected chi connectivity index (χ0v) is 9.65. The topological polar surface area (TPSA) is 54.6 Å². The summed E-state index contributed by atoms with van der Waals surface area (Å²) in [5, 5.41) is 0. The van der Waals surface area contributed by atoms with Crippen LogP contribution in [0.1, 0.15) is 12.8 Å². The summed E-state index contributed by atoms with van der Waals surface area (Å²) in [6.45, 7) is 3.13. The number of pyridine rings is 1. The van der Waals surface area contributed by atoms with Crippen LogP contribution in [0.25, 0.3) is 0 Å². The van der Waals surface area contributed by atoms with Gasteiger partial charge in [0.2, 0.25) is 5.56 Å². The molecule has 0 radical (unpaired) electrons. The van der Waals surface area contributed by atoms with Gasteiger partial charge >= 0.3 is 0 Å². The second kappa shape index (κ2) is 4.16. The van der Waals surface area contributed by atoms with Crippen LogP contribution < -0.4 is 10.5 Å². The molecule has 0 atom stereocenters. The predicted molar refractivity (Wildman–Crippen MR) is 63.1 cm³/mol. The Morgan fingerprint density at radius 1 is 1.24 bits per heavy atom. The molecule has 5 nitrogen and oxygen atoms in total. The number of aromatic amines is 1. The molecule has 2 aliphatic heterocycles. The van der Waals surface area contributed by atoms with Crippen LogP contribution in [0, 0.1) is 0 Å². The highest BCUT2D eigenvalue weighted by Crippen LogP contribution is 2.32. The van der Waals surface area contributed by atoms with Crippen LogP contribution in [0.5, 0.6) is 0 Å². The number of nitrogens with one attached hydrogen (secondary N) is 1. The van der Waals surface area contributed by atoms with E-state index in [1.54, 1.807) is 12.3 Å². The third kappa shape index (κ3) is 2.08. The number of piperidine rings is 1. The molecule has 17 heavy (non-hydrogen) atoms. The minimum Gasteiger partial charge on any atom is -0.371 e. The standard InChI is InChI=1S/C12H16N2O3/c15-11-9-10(1-4-13-11)14-5-2-12(3-6-14)16-7-8-17-12/h1,4,9H,2-3,5-8H2,(H,13,15). The van der Waals surface area contributed by atoms with E-state index in [0.717, 1.165) is 31.6 Å². The van der Waals surface area contributed by atoms with Crippen molar-refractivity contribution in [3.63, 3.8) is 0 Å². The van der Waals surface area contributed by atoms with E-state index >= 15 is 0 Å². The first-order valence-corrected chi connectivity index (χ1v) is 5.99. The lowest BCUT2D eigenvalue weighted by Gasteiger charge is -2.38. The maximum absolute atomic E-state index is 11.3. The molecule has 2 fully saturated rings. The van der Waals surface area contributed by atoms with E-state index in [9.17, 15) is 4.79 Å². The Kier molecular flexibility index (Phi) is 2.64. The lowest BCUT2D eigenvalue weighted by Crippen LogP contribution is -2.45. The van der Waals surface area contributed by atoms with Crippen molar-refractivity contribution in [1.82, 2.24) is 4.98 Å². The Morgan fingerprint density at radius 2 is 1.94 bits per heavy atom. The smallest absolute Gasteiger partial charge is 0.249 e. The van der Waals surface area contributed by atoms with Gasteiger partial charge in [-0.1, -0.05) is 0 Å². The zero-order chi connectivity index (χ0) is 11.7. The second-order valence-corrected chi connectivity index (χ2v) is 4.51. The summed E-state index contributed by atoms with van der Waals surface area (Å²) in [6, 6.07) is 3.56. The normalized spacial score (nSPS) is 23.2. The van der Waals surface area contributed by atoms with Crippen molar-refractivity contribution in [2.45, 2.75) is 18.6 Å². The molecule has 1 spiro atoms.